The maximum Gasteiger partial charge on any atom is 0.189 e. The molecular formula is C8H16O2Si. The topological polar surface area (TPSA) is 26.3 Å². The van der Waals surface area contributed by atoms with E-state index in [1.54, 1.807) is 20.1 Å². The van der Waals surface area contributed by atoms with E-state index < -0.39 is 8.32 Å². The molecule has 0 saturated carbocycles. The monoisotopic (exact) mass is 172 g/mol. The first-order valence-corrected chi connectivity index (χ1v) is 6.82. The van der Waals surface area contributed by atoms with E-state index in [2.05, 4.69) is 13.1 Å². The Hall–Kier alpha value is -0.413. The van der Waals surface area contributed by atoms with Gasteiger partial charge in [0.25, 0.3) is 0 Å². The van der Waals surface area contributed by atoms with E-state index in [1.807, 2.05) is 6.08 Å². The van der Waals surface area contributed by atoms with Gasteiger partial charge in [0.1, 0.15) is 0 Å². The molecule has 0 saturated heterocycles. The summed E-state index contributed by atoms with van der Waals surface area (Å²) in [6.07, 6.45) is 3.51. The van der Waals surface area contributed by atoms with E-state index in [0.717, 1.165) is 6.04 Å². The van der Waals surface area contributed by atoms with Crippen LogP contribution in [0.25, 0.3) is 0 Å². The minimum absolute atomic E-state index is 0.103. The Bertz CT molecular complexity index is 161. The number of rotatable bonds is 4. The van der Waals surface area contributed by atoms with Crippen molar-refractivity contribution in [2.75, 3.05) is 7.11 Å². The van der Waals surface area contributed by atoms with Crippen molar-refractivity contribution < 1.29 is 9.22 Å². The summed E-state index contributed by atoms with van der Waals surface area (Å²) in [5.41, 5.74) is 0. The molecule has 0 bridgehead atoms. The third-order valence-electron chi connectivity index (χ3n) is 1.51. The van der Waals surface area contributed by atoms with Crippen molar-refractivity contribution >= 4 is 14.1 Å². The lowest BCUT2D eigenvalue weighted by Gasteiger charge is -2.16. The van der Waals surface area contributed by atoms with Crippen LogP contribution in [0, 0.1) is 0 Å². The van der Waals surface area contributed by atoms with Gasteiger partial charge in [-0.1, -0.05) is 6.08 Å². The summed E-state index contributed by atoms with van der Waals surface area (Å²) < 4.78 is 5.30. The molecule has 0 spiro atoms. The summed E-state index contributed by atoms with van der Waals surface area (Å²) in [4.78, 5) is 10.5. The average molecular weight is 172 g/mol. The Morgan fingerprint density at radius 2 is 2.09 bits per heavy atom. The van der Waals surface area contributed by atoms with Crippen LogP contribution < -0.4 is 0 Å². The van der Waals surface area contributed by atoms with Gasteiger partial charge in [-0.3, -0.25) is 4.79 Å². The number of ketones is 1. The zero-order valence-electron chi connectivity index (χ0n) is 7.68. The quantitative estimate of drug-likeness (QED) is 0.479. The molecule has 11 heavy (non-hydrogen) atoms. The molecule has 0 aliphatic heterocycles. The summed E-state index contributed by atoms with van der Waals surface area (Å²) in [7, 11) is 0.247. The second kappa shape index (κ2) is 4.46. The van der Waals surface area contributed by atoms with Gasteiger partial charge in [0.05, 0.1) is 0 Å². The summed E-state index contributed by atoms with van der Waals surface area (Å²) >= 11 is 0. The highest BCUT2D eigenvalue weighted by Gasteiger charge is 2.17. The smallest absolute Gasteiger partial charge is 0.189 e. The van der Waals surface area contributed by atoms with Crippen LogP contribution in [0.5, 0.6) is 0 Å². The third-order valence-corrected chi connectivity index (χ3v) is 3.84. The Morgan fingerprint density at radius 1 is 1.55 bits per heavy atom. The highest BCUT2D eigenvalue weighted by molar-refractivity contribution is 6.71. The molecule has 0 aliphatic carbocycles. The van der Waals surface area contributed by atoms with E-state index in [1.165, 1.54) is 0 Å². The zero-order chi connectivity index (χ0) is 8.91. The molecule has 0 aliphatic rings. The SMILES string of the molecule is CO[Si](C)(C)C/C=C/C(C)=O. The van der Waals surface area contributed by atoms with Crippen LogP contribution in [0.1, 0.15) is 6.92 Å². The van der Waals surface area contributed by atoms with Gasteiger partial charge < -0.3 is 4.43 Å². The molecule has 0 atom stereocenters. The predicted molar refractivity (Wildman–Crippen MR) is 49.1 cm³/mol. The van der Waals surface area contributed by atoms with Gasteiger partial charge in [0, 0.05) is 7.11 Å². The van der Waals surface area contributed by atoms with Crippen LogP contribution in [0.3, 0.4) is 0 Å². The van der Waals surface area contributed by atoms with Crippen molar-refractivity contribution in [3.8, 4) is 0 Å². The van der Waals surface area contributed by atoms with E-state index in [9.17, 15) is 4.79 Å². The van der Waals surface area contributed by atoms with Gasteiger partial charge >= 0.3 is 0 Å². The van der Waals surface area contributed by atoms with Gasteiger partial charge in [-0.15, -0.1) is 0 Å². The van der Waals surface area contributed by atoms with E-state index in [-0.39, 0.29) is 5.78 Å². The van der Waals surface area contributed by atoms with Crippen molar-refractivity contribution in [3.05, 3.63) is 12.2 Å². The average Bonchev–Trinajstić information content (AvgIpc) is 1.87. The summed E-state index contributed by atoms with van der Waals surface area (Å²) in [5, 5.41) is 0. The van der Waals surface area contributed by atoms with Crippen LogP contribution in [-0.4, -0.2) is 21.2 Å². The second-order valence-corrected chi connectivity index (χ2v) is 7.52. The standard InChI is InChI=1S/C8H16O2Si/c1-8(9)6-5-7-11(3,4)10-2/h5-6H,7H2,1-4H3/b6-5+. The van der Waals surface area contributed by atoms with Gasteiger partial charge in [0.15, 0.2) is 14.1 Å². The van der Waals surface area contributed by atoms with Crippen molar-refractivity contribution in [3.63, 3.8) is 0 Å². The minimum atomic E-state index is -1.48. The van der Waals surface area contributed by atoms with Gasteiger partial charge in [-0.05, 0) is 32.1 Å². The largest absolute Gasteiger partial charge is 0.420 e. The van der Waals surface area contributed by atoms with E-state index in [4.69, 9.17) is 4.43 Å². The van der Waals surface area contributed by atoms with Crippen molar-refractivity contribution in [2.45, 2.75) is 26.1 Å². The molecule has 0 heterocycles. The fourth-order valence-corrected chi connectivity index (χ4v) is 1.44. The molecule has 0 fully saturated rings. The fourth-order valence-electron chi connectivity index (χ4n) is 0.592. The number of carbonyl (C=O) groups is 1. The second-order valence-electron chi connectivity index (χ2n) is 3.18. The number of allylic oxidation sites excluding steroid dienone is 2. The molecule has 0 aromatic carbocycles. The van der Waals surface area contributed by atoms with Crippen LogP contribution in [0.4, 0.5) is 0 Å². The molecule has 0 rings (SSSR count). The third kappa shape index (κ3) is 6.00. The highest BCUT2D eigenvalue weighted by atomic mass is 28.4. The van der Waals surface area contributed by atoms with E-state index in [0.29, 0.717) is 0 Å². The first kappa shape index (κ1) is 10.6. The minimum Gasteiger partial charge on any atom is -0.420 e. The molecule has 64 valence electrons. The van der Waals surface area contributed by atoms with Crippen molar-refractivity contribution in [1.82, 2.24) is 0 Å². The van der Waals surface area contributed by atoms with Gasteiger partial charge in [0.2, 0.25) is 0 Å². The number of hydrogen-bond acceptors (Lipinski definition) is 2. The van der Waals surface area contributed by atoms with Crippen LogP contribution in [0.2, 0.25) is 19.1 Å². The first-order valence-electron chi connectivity index (χ1n) is 3.70. The van der Waals surface area contributed by atoms with Gasteiger partial charge in [-0.25, -0.2) is 0 Å². The lowest BCUT2D eigenvalue weighted by atomic mass is 10.4. The van der Waals surface area contributed by atoms with Crippen molar-refractivity contribution in [1.29, 1.82) is 0 Å². The van der Waals surface area contributed by atoms with Crippen molar-refractivity contribution in [2.24, 2.45) is 0 Å². The van der Waals surface area contributed by atoms with Crippen LogP contribution >= 0.6 is 0 Å². The molecule has 0 unspecified atom stereocenters. The van der Waals surface area contributed by atoms with Gasteiger partial charge in [-0.2, -0.15) is 0 Å². The molecule has 0 amide bonds. The summed E-state index contributed by atoms with van der Waals surface area (Å²) in [6.45, 7) is 5.80. The highest BCUT2D eigenvalue weighted by Crippen LogP contribution is 2.09. The maximum atomic E-state index is 10.5. The number of hydrogen-bond donors (Lipinski definition) is 0. The summed E-state index contributed by atoms with van der Waals surface area (Å²) in [5.74, 6) is 0.103. The number of carbonyl (C=O) groups excluding carboxylic acids is 1. The zero-order valence-corrected chi connectivity index (χ0v) is 8.68. The molecule has 2 nitrogen and oxygen atoms in total. The molecule has 0 aromatic heterocycles. The normalized spacial score (nSPS) is 12.4. The Balaban J connectivity index is 3.78. The first-order chi connectivity index (χ1) is 4.98. The summed E-state index contributed by atoms with van der Waals surface area (Å²) in [6, 6.07) is 0.906. The molecule has 0 aromatic rings. The van der Waals surface area contributed by atoms with E-state index >= 15 is 0 Å². The van der Waals surface area contributed by atoms with Crippen LogP contribution in [0.15, 0.2) is 12.2 Å². The lowest BCUT2D eigenvalue weighted by Crippen LogP contribution is -2.27. The fraction of sp³-hybridized carbons (Fsp3) is 0.625. The Labute approximate surface area is 69.4 Å². The molecule has 3 heteroatoms. The predicted octanol–water partition coefficient (Wildman–Crippen LogP) is 1.98. The lowest BCUT2D eigenvalue weighted by molar-refractivity contribution is -0.112. The molecule has 0 N–H and O–H groups in total. The maximum absolute atomic E-state index is 10.5. The Morgan fingerprint density at radius 3 is 2.45 bits per heavy atom. The molecular weight excluding hydrogens is 156 g/mol. The molecule has 0 radical (unpaired) electrons. The Kier molecular flexibility index (Phi) is 4.29. The van der Waals surface area contributed by atoms with Crippen LogP contribution in [-0.2, 0) is 9.22 Å².